The van der Waals surface area contributed by atoms with Gasteiger partial charge in [0.2, 0.25) is 0 Å². The molecule has 0 aliphatic carbocycles. The van der Waals surface area contributed by atoms with Crippen LogP contribution in [0.1, 0.15) is 6.92 Å². The fourth-order valence-electron chi connectivity index (χ4n) is 3.29. The SMILES string of the molecule is CCn1c(-c2cc(NC(=O)COc3ccc(OC)cc3)n[nH]2)cc2ccccc21. The second kappa shape index (κ2) is 8.10. The molecule has 0 saturated heterocycles. The number of carbonyl (C=O) groups is 1. The van der Waals surface area contributed by atoms with Gasteiger partial charge in [-0.2, -0.15) is 5.10 Å². The number of para-hydroxylation sites is 1. The number of benzene rings is 2. The summed E-state index contributed by atoms with van der Waals surface area (Å²) >= 11 is 0. The topological polar surface area (TPSA) is 81.2 Å². The van der Waals surface area contributed by atoms with E-state index >= 15 is 0 Å². The van der Waals surface area contributed by atoms with Gasteiger partial charge in [0.1, 0.15) is 11.5 Å². The van der Waals surface area contributed by atoms with Crippen LogP contribution in [-0.4, -0.2) is 34.4 Å². The fraction of sp³-hybridized carbons (Fsp3) is 0.182. The molecule has 0 aliphatic rings. The molecule has 7 heteroatoms. The molecule has 2 aromatic heterocycles. The summed E-state index contributed by atoms with van der Waals surface area (Å²) in [4.78, 5) is 12.2. The third-order valence-electron chi connectivity index (χ3n) is 4.68. The lowest BCUT2D eigenvalue weighted by Crippen LogP contribution is -2.20. The average Bonchev–Trinajstić information content (AvgIpc) is 3.36. The van der Waals surface area contributed by atoms with Crippen molar-refractivity contribution in [1.82, 2.24) is 14.8 Å². The molecular formula is C22H22N4O3. The minimum Gasteiger partial charge on any atom is -0.497 e. The molecule has 7 nitrogen and oxygen atoms in total. The van der Waals surface area contributed by atoms with E-state index in [-0.39, 0.29) is 12.5 Å². The number of amides is 1. The van der Waals surface area contributed by atoms with E-state index in [1.54, 1.807) is 31.4 Å². The van der Waals surface area contributed by atoms with E-state index in [1.165, 1.54) is 0 Å². The minimum atomic E-state index is -0.282. The normalized spacial score (nSPS) is 10.8. The highest BCUT2D eigenvalue weighted by Gasteiger charge is 2.13. The Morgan fingerprint density at radius 1 is 1.10 bits per heavy atom. The summed E-state index contributed by atoms with van der Waals surface area (Å²) in [6.45, 7) is 2.83. The van der Waals surface area contributed by atoms with Crippen LogP contribution in [0.4, 0.5) is 5.82 Å². The molecule has 29 heavy (non-hydrogen) atoms. The van der Waals surface area contributed by atoms with E-state index in [0.717, 1.165) is 34.6 Å². The number of fused-ring (bicyclic) bond motifs is 1. The second-order valence-corrected chi connectivity index (χ2v) is 6.51. The summed E-state index contributed by atoms with van der Waals surface area (Å²) in [7, 11) is 1.60. The number of nitrogens with one attached hydrogen (secondary N) is 2. The van der Waals surface area contributed by atoms with Gasteiger partial charge in [0.05, 0.1) is 18.5 Å². The van der Waals surface area contributed by atoms with Crippen molar-refractivity contribution in [2.24, 2.45) is 0 Å². The van der Waals surface area contributed by atoms with Crippen LogP contribution < -0.4 is 14.8 Å². The number of aromatic amines is 1. The maximum absolute atomic E-state index is 12.2. The van der Waals surface area contributed by atoms with Crippen molar-refractivity contribution in [3.63, 3.8) is 0 Å². The highest BCUT2D eigenvalue weighted by molar-refractivity contribution is 5.92. The Morgan fingerprint density at radius 2 is 1.86 bits per heavy atom. The van der Waals surface area contributed by atoms with Crippen LogP contribution in [0.3, 0.4) is 0 Å². The van der Waals surface area contributed by atoms with E-state index in [4.69, 9.17) is 9.47 Å². The maximum atomic E-state index is 12.2. The van der Waals surface area contributed by atoms with Crippen LogP contribution >= 0.6 is 0 Å². The van der Waals surface area contributed by atoms with Gasteiger partial charge in [-0.05, 0) is 43.3 Å². The Balaban J connectivity index is 1.43. The second-order valence-electron chi connectivity index (χ2n) is 6.51. The predicted octanol–water partition coefficient (Wildman–Crippen LogP) is 4.08. The lowest BCUT2D eigenvalue weighted by atomic mass is 10.2. The van der Waals surface area contributed by atoms with Crippen molar-refractivity contribution >= 4 is 22.6 Å². The Kier molecular flexibility index (Phi) is 5.20. The summed E-state index contributed by atoms with van der Waals surface area (Å²) < 4.78 is 12.8. The summed E-state index contributed by atoms with van der Waals surface area (Å²) in [6, 6.07) is 19.2. The van der Waals surface area contributed by atoms with Gasteiger partial charge in [0.15, 0.2) is 12.4 Å². The number of rotatable bonds is 7. The molecule has 148 valence electrons. The van der Waals surface area contributed by atoms with Gasteiger partial charge in [0.25, 0.3) is 5.91 Å². The third-order valence-corrected chi connectivity index (χ3v) is 4.68. The molecule has 0 atom stereocenters. The van der Waals surface area contributed by atoms with E-state index in [1.807, 2.05) is 18.2 Å². The summed E-state index contributed by atoms with van der Waals surface area (Å²) in [6.07, 6.45) is 0. The number of aromatic nitrogens is 3. The van der Waals surface area contributed by atoms with Crippen LogP contribution in [0.2, 0.25) is 0 Å². The highest BCUT2D eigenvalue weighted by Crippen LogP contribution is 2.28. The van der Waals surface area contributed by atoms with E-state index in [0.29, 0.717) is 11.6 Å². The van der Waals surface area contributed by atoms with Crippen molar-refractivity contribution in [1.29, 1.82) is 0 Å². The number of hydrogen-bond acceptors (Lipinski definition) is 4. The van der Waals surface area contributed by atoms with Gasteiger partial charge in [-0.1, -0.05) is 18.2 Å². The van der Waals surface area contributed by atoms with Crippen molar-refractivity contribution in [3.8, 4) is 22.9 Å². The molecule has 1 amide bonds. The number of H-pyrrole nitrogens is 1. The van der Waals surface area contributed by atoms with Crippen LogP contribution in [0.15, 0.2) is 60.7 Å². The Labute approximate surface area is 168 Å². The number of ether oxygens (including phenoxy) is 2. The first-order valence-corrected chi connectivity index (χ1v) is 9.38. The Morgan fingerprint density at radius 3 is 2.62 bits per heavy atom. The number of hydrogen-bond donors (Lipinski definition) is 2. The number of carbonyl (C=O) groups excluding carboxylic acids is 1. The van der Waals surface area contributed by atoms with Gasteiger partial charge in [-0.25, -0.2) is 0 Å². The molecule has 0 unspecified atom stereocenters. The Hall–Kier alpha value is -3.74. The molecule has 4 rings (SSSR count). The highest BCUT2D eigenvalue weighted by atomic mass is 16.5. The first kappa shape index (κ1) is 18.6. The van der Waals surface area contributed by atoms with Crippen LogP contribution in [0, 0.1) is 0 Å². The van der Waals surface area contributed by atoms with Gasteiger partial charge in [0, 0.05) is 23.5 Å². The number of methoxy groups -OCH3 is 1. The molecule has 2 heterocycles. The molecule has 2 N–H and O–H groups in total. The van der Waals surface area contributed by atoms with Gasteiger partial charge < -0.3 is 19.4 Å². The molecule has 0 aliphatic heterocycles. The summed E-state index contributed by atoms with van der Waals surface area (Å²) in [5.41, 5.74) is 3.03. The molecule has 4 aromatic rings. The van der Waals surface area contributed by atoms with Crippen LogP contribution in [-0.2, 0) is 11.3 Å². The summed E-state index contributed by atoms with van der Waals surface area (Å²) in [5, 5.41) is 11.1. The first-order chi connectivity index (χ1) is 14.2. The Bertz CT molecular complexity index is 1130. The van der Waals surface area contributed by atoms with Gasteiger partial charge in [-0.15, -0.1) is 0 Å². The minimum absolute atomic E-state index is 0.107. The zero-order valence-electron chi connectivity index (χ0n) is 16.3. The van der Waals surface area contributed by atoms with Crippen molar-refractivity contribution in [2.75, 3.05) is 19.0 Å². The smallest absolute Gasteiger partial charge is 0.263 e. The number of aryl methyl sites for hydroxylation is 1. The zero-order chi connectivity index (χ0) is 20.2. The largest absolute Gasteiger partial charge is 0.497 e. The number of anilines is 1. The van der Waals surface area contributed by atoms with E-state index in [9.17, 15) is 4.79 Å². The lowest BCUT2D eigenvalue weighted by Gasteiger charge is -2.06. The van der Waals surface area contributed by atoms with Crippen molar-refractivity contribution in [2.45, 2.75) is 13.5 Å². The standard InChI is InChI=1S/C22H22N4O3/c1-3-26-19-7-5-4-6-15(19)12-20(26)18-13-21(25-24-18)23-22(27)14-29-17-10-8-16(28-2)9-11-17/h4-13H,3,14H2,1-2H3,(H2,23,24,25,27). The fourth-order valence-corrected chi connectivity index (χ4v) is 3.29. The maximum Gasteiger partial charge on any atom is 0.263 e. The quantitative estimate of drug-likeness (QED) is 0.498. The van der Waals surface area contributed by atoms with Gasteiger partial charge >= 0.3 is 0 Å². The molecule has 0 fully saturated rings. The monoisotopic (exact) mass is 390 g/mol. The van der Waals surface area contributed by atoms with E-state index < -0.39 is 0 Å². The average molecular weight is 390 g/mol. The molecule has 2 aromatic carbocycles. The van der Waals surface area contributed by atoms with E-state index in [2.05, 4.69) is 45.2 Å². The first-order valence-electron chi connectivity index (χ1n) is 9.38. The van der Waals surface area contributed by atoms with Gasteiger partial charge in [-0.3, -0.25) is 9.89 Å². The molecule has 0 bridgehead atoms. The molecule has 0 spiro atoms. The molecule has 0 saturated carbocycles. The van der Waals surface area contributed by atoms with Crippen molar-refractivity contribution < 1.29 is 14.3 Å². The zero-order valence-corrected chi connectivity index (χ0v) is 16.3. The predicted molar refractivity (Wildman–Crippen MR) is 112 cm³/mol. The summed E-state index contributed by atoms with van der Waals surface area (Å²) in [5.74, 6) is 1.50. The van der Waals surface area contributed by atoms with Crippen LogP contribution in [0.5, 0.6) is 11.5 Å². The third kappa shape index (κ3) is 3.94. The van der Waals surface area contributed by atoms with Crippen LogP contribution in [0.25, 0.3) is 22.3 Å². The van der Waals surface area contributed by atoms with Crippen molar-refractivity contribution in [3.05, 3.63) is 60.7 Å². The molecule has 0 radical (unpaired) electrons. The molecular weight excluding hydrogens is 368 g/mol. The lowest BCUT2D eigenvalue weighted by molar-refractivity contribution is -0.118. The number of nitrogens with zero attached hydrogens (tertiary/aromatic N) is 2.